The molecule has 0 saturated heterocycles. The molecule has 1 heterocycles. The number of amides is 1. The zero-order valence-corrected chi connectivity index (χ0v) is 13.7. The molecule has 0 aliphatic rings. The van der Waals surface area contributed by atoms with Crippen molar-refractivity contribution >= 4 is 17.5 Å². The molecule has 6 nitrogen and oxygen atoms in total. The zero-order chi connectivity index (χ0) is 15.8. The SMILES string of the molecule is CCCc1nc(NC)c(C)c(NCC(=O)NCC(C)C)n1. The van der Waals surface area contributed by atoms with E-state index >= 15 is 0 Å². The highest BCUT2D eigenvalue weighted by Gasteiger charge is 2.11. The third kappa shape index (κ3) is 5.57. The number of anilines is 2. The molecule has 1 rings (SSSR count). The molecule has 0 bridgehead atoms. The fraction of sp³-hybridized carbons (Fsp3) is 0.667. The van der Waals surface area contributed by atoms with Crippen LogP contribution in [-0.4, -0.2) is 36.0 Å². The van der Waals surface area contributed by atoms with Crippen LogP contribution in [-0.2, 0) is 11.2 Å². The van der Waals surface area contributed by atoms with E-state index in [0.717, 1.165) is 35.9 Å². The average Bonchev–Trinajstić information content (AvgIpc) is 2.45. The number of rotatable bonds is 8. The van der Waals surface area contributed by atoms with E-state index in [9.17, 15) is 4.79 Å². The summed E-state index contributed by atoms with van der Waals surface area (Å²) in [5.74, 6) is 2.74. The van der Waals surface area contributed by atoms with Crippen LogP contribution in [0.1, 0.15) is 38.6 Å². The predicted octanol–water partition coefficient (Wildman–Crippen LogP) is 1.96. The van der Waals surface area contributed by atoms with Gasteiger partial charge in [0, 0.05) is 25.6 Å². The van der Waals surface area contributed by atoms with Gasteiger partial charge in [0.25, 0.3) is 0 Å². The molecule has 21 heavy (non-hydrogen) atoms. The molecular weight excluding hydrogens is 266 g/mol. The van der Waals surface area contributed by atoms with Crippen molar-refractivity contribution in [2.75, 3.05) is 30.8 Å². The quantitative estimate of drug-likeness (QED) is 0.683. The molecule has 1 aromatic heterocycles. The highest BCUT2D eigenvalue weighted by Crippen LogP contribution is 2.19. The lowest BCUT2D eigenvalue weighted by Crippen LogP contribution is -2.32. The molecule has 0 atom stereocenters. The second-order valence-electron chi connectivity index (χ2n) is 5.51. The maximum atomic E-state index is 11.8. The van der Waals surface area contributed by atoms with Gasteiger partial charge in [-0.1, -0.05) is 20.8 Å². The lowest BCUT2D eigenvalue weighted by atomic mass is 10.2. The van der Waals surface area contributed by atoms with Crippen LogP contribution in [0.25, 0.3) is 0 Å². The van der Waals surface area contributed by atoms with Gasteiger partial charge >= 0.3 is 0 Å². The largest absolute Gasteiger partial charge is 0.373 e. The Hall–Kier alpha value is -1.85. The van der Waals surface area contributed by atoms with Crippen molar-refractivity contribution in [3.63, 3.8) is 0 Å². The van der Waals surface area contributed by atoms with E-state index in [0.29, 0.717) is 12.5 Å². The minimum absolute atomic E-state index is 0.0234. The number of hydrogen-bond donors (Lipinski definition) is 3. The number of nitrogens with one attached hydrogen (secondary N) is 3. The van der Waals surface area contributed by atoms with Crippen LogP contribution in [0.2, 0.25) is 0 Å². The summed E-state index contributed by atoms with van der Waals surface area (Å²) < 4.78 is 0. The van der Waals surface area contributed by atoms with Crippen LogP contribution < -0.4 is 16.0 Å². The second kappa shape index (κ2) is 8.44. The van der Waals surface area contributed by atoms with Crippen molar-refractivity contribution in [1.29, 1.82) is 0 Å². The van der Waals surface area contributed by atoms with Gasteiger partial charge in [-0.25, -0.2) is 9.97 Å². The Balaban J connectivity index is 2.72. The van der Waals surface area contributed by atoms with E-state index in [-0.39, 0.29) is 12.5 Å². The van der Waals surface area contributed by atoms with E-state index in [1.54, 1.807) is 0 Å². The third-order valence-electron chi connectivity index (χ3n) is 3.03. The summed E-state index contributed by atoms with van der Waals surface area (Å²) in [6.45, 7) is 9.08. The normalized spacial score (nSPS) is 10.6. The maximum absolute atomic E-state index is 11.8. The van der Waals surface area contributed by atoms with Gasteiger partial charge < -0.3 is 16.0 Å². The van der Waals surface area contributed by atoms with Crippen molar-refractivity contribution < 1.29 is 4.79 Å². The van der Waals surface area contributed by atoms with E-state index < -0.39 is 0 Å². The first kappa shape index (κ1) is 17.2. The fourth-order valence-electron chi connectivity index (χ4n) is 1.86. The topological polar surface area (TPSA) is 78.9 Å². The van der Waals surface area contributed by atoms with Crippen LogP contribution in [0.3, 0.4) is 0 Å². The van der Waals surface area contributed by atoms with E-state index in [4.69, 9.17) is 0 Å². The highest BCUT2D eigenvalue weighted by molar-refractivity contribution is 5.80. The number of carbonyl (C=O) groups is 1. The highest BCUT2D eigenvalue weighted by atomic mass is 16.1. The van der Waals surface area contributed by atoms with Gasteiger partial charge in [0.1, 0.15) is 17.5 Å². The second-order valence-corrected chi connectivity index (χ2v) is 5.51. The minimum Gasteiger partial charge on any atom is -0.373 e. The van der Waals surface area contributed by atoms with Crippen molar-refractivity contribution in [1.82, 2.24) is 15.3 Å². The Morgan fingerprint density at radius 1 is 1.24 bits per heavy atom. The zero-order valence-electron chi connectivity index (χ0n) is 13.7. The summed E-state index contributed by atoms with van der Waals surface area (Å²) in [7, 11) is 1.84. The molecule has 0 aromatic carbocycles. The Labute approximate surface area is 127 Å². The van der Waals surface area contributed by atoms with Crippen molar-refractivity contribution in [2.24, 2.45) is 5.92 Å². The van der Waals surface area contributed by atoms with E-state index in [1.165, 1.54) is 0 Å². The van der Waals surface area contributed by atoms with Crippen LogP contribution in [0.4, 0.5) is 11.6 Å². The molecule has 0 aliphatic heterocycles. The molecule has 0 radical (unpaired) electrons. The fourth-order valence-corrected chi connectivity index (χ4v) is 1.86. The van der Waals surface area contributed by atoms with Crippen LogP contribution in [0, 0.1) is 12.8 Å². The Morgan fingerprint density at radius 3 is 2.48 bits per heavy atom. The monoisotopic (exact) mass is 293 g/mol. The number of nitrogens with zero attached hydrogens (tertiary/aromatic N) is 2. The van der Waals surface area contributed by atoms with Gasteiger partial charge in [0.05, 0.1) is 6.54 Å². The molecule has 1 amide bonds. The first-order valence-electron chi connectivity index (χ1n) is 7.53. The Morgan fingerprint density at radius 2 is 1.90 bits per heavy atom. The minimum atomic E-state index is -0.0234. The van der Waals surface area contributed by atoms with E-state index in [2.05, 4.69) is 46.7 Å². The van der Waals surface area contributed by atoms with Crippen LogP contribution in [0.15, 0.2) is 0 Å². The molecule has 0 saturated carbocycles. The lowest BCUT2D eigenvalue weighted by Gasteiger charge is -2.14. The summed E-state index contributed by atoms with van der Waals surface area (Å²) in [4.78, 5) is 20.7. The van der Waals surface area contributed by atoms with Crippen LogP contribution >= 0.6 is 0 Å². The van der Waals surface area contributed by atoms with Crippen molar-refractivity contribution in [3.05, 3.63) is 11.4 Å². The number of aromatic nitrogens is 2. The Bertz CT molecular complexity index is 473. The van der Waals surface area contributed by atoms with Gasteiger partial charge in [-0.2, -0.15) is 0 Å². The number of aryl methyl sites for hydroxylation is 1. The van der Waals surface area contributed by atoms with Gasteiger partial charge in [-0.3, -0.25) is 4.79 Å². The summed E-state index contributed by atoms with van der Waals surface area (Å²) in [6.07, 6.45) is 1.81. The van der Waals surface area contributed by atoms with E-state index in [1.807, 2.05) is 14.0 Å². The van der Waals surface area contributed by atoms with Crippen molar-refractivity contribution in [2.45, 2.75) is 40.5 Å². The van der Waals surface area contributed by atoms with Crippen LogP contribution in [0.5, 0.6) is 0 Å². The summed E-state index contributed by atoms with van der Waals surface area (Å²) in [6, 6.07) is 0. The standard InChI is InChI=1S/C15H27N5O/c1-6-7-12-19-14(16-5)11(4)15(20-12)18-9-13(21)17-8-10(2)3/h10H,6-9H2,1-5H3,(H,17,21)(H2,16,18,19,20). The number of carbonyl (C=O) groups excluding carboxylic acids is 1. The Kier molecular flexibility index (Phi) is 6.91. The molecule has 0 fully saturated rings. The molecule has 118 valence electrons. The third-order valence-corrected chi connectivity index (χ3v) is 3.03. The van der Waals surface area contributed by atoms with Gasteiger partial charge in [-0.15, -0.1) is 0 Å². The molecule has 6 heteroatoms. The van der Waals surface area contributed by atoms with Gasteiger partial charge in [0.2, 0.25) is 5.91 Å². The van der Waals surface area contributed by atoms with Gasteiger partial charge in [-0.05, 0) is 19.3 Å². The molecular formula is C15H27N5O. The first-order chi connectivity index (χ1) is 9.97. The van der Waals surface area contributed by atoms with Gasteiger partial charge in [0.15, 0.2) is 0 Å². The molecule has 0 aliphatic carbocycles. The molecule has 3 N–H and O–H groups in total. The average molecular weight is 293 g/mol. The summed E-state index contributed by atoms with van der Waals surface area (Å²) in [5.41, 5.74) is 0.925. The summed E-state index contributed by atoms with van der Waals surface area (Å²) >= 11 is 0. The smallest absolute Gasteiger partial charge is 0.239 e. The predicted molar refractivity (Wildman–Crippen MR) is 86.6 cm³/mol. The lowest BCUT2D eigenvalue weighted by molar-refractivity contribution is -0.119. The molecule has 1 aromatic rings. The van der Waals surface area contributed by atoms with Crippen molar-refractivity contribution in [3.8, 4) is 0 Å². The first-order valence-corrected chi connectivity index (χ1v) is 7.53. The maximum Gasteiger partial charge on any atom is 0.239 e. The summed E-state index contributed by atoms with van der Waals surface area (Å²) in [5, 5.41) is 9.06. The number of hydrogen-bond acceptors (Lipinski definition) is 5. The molecule has 0 spiro atoms. The molecule has 0 unspecified atom stereocenters.